The Labute approximate surface area is 167 Å². The molecule has 1 saturated heterocycles. The van der Waals surface area contributed by atoms with Crippen molar-refractivity contribution in [2.45, 2.75) is 44.9 Å². The molecule has 1 aliphatic heterocycles. The summed E-state index contributed by atoms with van der Waals surface area (Å²) in [7, 11) is 0. The summed E-state index contributed by atoms with van der Waals surface area (Å²) in [5.41, 5.74) is 2.97. The number of carbonyl (C=O) groups is 1. The number of aliphatic hydroxyl groups is 1. The topological polar surface area (TPSA) is 61.8 Å². The fourth-order valence-electron chi connectivity index (χ4n) is 3.57. The lowest BCUT2D eigenvalue weighted by molar-refractivity contribution is 0.0882. The van der Waals surface area contributed by atoms with E-state index >= 15 is 0 Å². The van der Waals surface area contributed by atoms with Gasteiger partial charge in [-0.3, -0.25) is 0 Å². The Kier molecular flexibility index (Phi) is 7.46. The first-order valence-electron chi connectivity index (χ1n) is 10.1. The highest BCUT2D eigenvalue weighted by Gasteiger charge is 2.27. The van der Waals surface area contributed by atoms with Crippen LogP contribution < -0.4 is 5.32 Å². The number of amides is 1. The average Bonchev–Trinajstić information content (AvgIpc) is 3.25. The summed E-state index contributed by atoms with van der Waals surface area (Å²) < 4.78 is 5.37. The lowest BCUT2D eigenvalue weighted by atomic mass is 10.00. The van der Waals surface area contributed by atoms with Crippen LogP contribution >= 0.6 is 0 Å². The van der Waals surface area contributed by atoms with Gasteiger partial charge in [-0.15, -0.1) is 0 Å². The van der Waals surface area contributed by atoms with Crippen LogP contribution in [0.5, 0.6) is 0 Å². The second-order valence-electron chi connectivity index (χ2n) is 7.36. The van der Waals surface area contributed by atoms with Crippen molar-refractivity contribution >= 4 is 6.09 Å². The third kappa shape index (κ3) is 5.81. The summed E-state index contributed by atoms with van der Waals surface area (Å²) in [4.78, 5) is 14.7. The van der Waals surface area contributed by atoms with Crippen molar-refractivity contribution in [1.82, 2.24) is 10.2 Å². The number of carbonyl (C=O) groups excluding carboxylic acids is 1. The molecule has 5 heteroatoms. The molecule has 2 atom stereocenters. The minimum absolute atomic E-state index is 0.213. The molecule has 1 fully saturated rings. The molecule has 0 radical (unpaired) electrons. The van der Waals surface area contributed by atoms with Gasteiger partial charge in [0.25, 0.3) is 0 Å². The molecule has 2 aromatic rings. The van der Waals surface area contributed by atoms with E-state index in [0.717, 1.165) is 43.5 Å². The number of ether oxygens (including phenoxy) is 1. The van der Waals surface area contributed by atoms with Gasteiger partial charge < -0.3 is 20.1 Å². The molecule has 5 nitrogen and oxygen atoms in total. The molecule has 0 bridgehead atoms. The predicted octanol–water partition coefficient (Wildman–Crippen LogP) is 3.67. The number of nitrogens with one attached hydrogen (secondary N) is 1. The summed E-state index contributed by atoms with van der Waals surface area (Å²) >= 11 is 0. The Bertz CT molecular complexity index is 727. The first-order valence-corrected chi connectivity index (χ1v) is 10.1. The highest BCUT2D eigenvalue weighted by atomic mass is 16.5. The van der Waals surface area contributed by atoms with Gasteiger partial charge in [-0.2, -0.15) is 0 Å². The van der Waals surface area contributed by atoms with E-state index in [1.165, 1.54) is 5.56 Å². The summed E-state index contributed by atoms with van der Waals surface area (Å²) in [5.74, 6) is 0. The molecule has 1 aliphatic rings. The highest BCUT2D eigenvalue weighted by molar-refractivity contribution is 5.67. The van der Waals surface area contributed by atoms with Crippen LogP contribution in [-0.2, 0) is 17.8 Å². The van der Waals surface area contributed by atoms with Crippen molar-refractivity contribution in [2.75, 3.05) is 19.6 Å². The lowest BCUT2D eigenvalue weighted by Crippen LogP contribution is -2.46. The van der Waals surface area contributed by atoms with Crippen LogP contribution in [0, 0.1) is 0 Å². The average molecular weight is 383 g/mol. The SMILES string of the molecule is CCc1ccc([C@@H](O)[C@@H](CN2CCCC2)NC(=O)OCc2ccccc2)cc1. The second kappa shape index (κ2) is 10.2. The number of rotatable bonds is 8. The van der Waals surface area contributed by atoms with Gasteiger partial charge in [0.1, 0.15) is 12.7 Å². The van der Waals surface area contributed by atoms with Crippen LogP contribution in [0.1, 0.15) is 42.6 Å². The largest absolute Gasteiger partial charge is 0.445 e. The number of likely N-dealkylation sites (tertiary alicyclic amines) is 1. The van der Waals surface area contributed by atoms with Gasteiger partial charge in [-0.1, -0.05) is 61.5 Å². The highest BCUT2D eigenvalue weighted by Crippen LogP contribution is 2.20. The maximum atomic E-state index is 12.4. The van der Waals surface area contributed by atoms with E-state index in [9.17, 15) is 9.90 Å². The molecule has 2 N–H and O–H groups in total. The van der Waals surface area contributed by atoms with Crippen molar-refractivity contribution < 1.29 is 14.6 Å². The van der Waals surface area contributed by atoms with Crippen LogP contribution in [0.2, 0.25) is 0 Å². The smallest absolute Gasteiger partial charge is 0.407 e. The fourth-order valence-corrected chi connectivity index (χ4v) is 3.57. The van der Waals surface area contributed by atoms with Gasteiger partial charge in [-0.25, -0.2) is 4.79 Å². The number of benzene rings is 2. The zero-order valence-corrected chi connectivity index (χ0v) is 16.5. The zero-order chi connectivity index (χ0) is 19.8. The summed E-state index contributed by atoms with van der Waals surface area (Å²) in [5, 5.41) is 13.8. The van der Waals surface area contributed by atoms with Crippen molar-refractivity contribution in [3.63, 3.8) is 0 Å². The molecule has 0 saturated carbocycles. The number of aryl methyl sites for hydroxylation is 1. The van der Waals surface area contributed by atoms with Crippen LogP contribution in [0.4, 0.5) is 4.79 Å². The van der Waals surface area contributed by atoms with E-state index in [-0.39, 0.29) is 6.61 Å². The summed E-state index contributed by atoms with van der Waals surface area (Å²) in [6.45, 7) is 4.92. The number of alkyl carbamates (subject to hydrolysis) is 1. The summed E-state index contributed by atoms with van der Waals surface area (Å²) in [6.07, 6.45) is 1.99. The third-order valence-electron chi connectivity index (χ3n) is 5.28. The quantitative estimate of drug-likeness (QED) is 0.731. The molecule has 1 amide bonds. The number of hydrogen-bond donors (Lipinski definition) is 2. The Morgan fingerprint density at radius 1 is 1.07 bits per heavy atom. The van der Waals surface area contributed by atoms with Crippen LogP contribution in [0.25, 0.3) is 0 Å². The van der Waals surface area contributed by atoms with E-state index in [1.807, 2.05) is 54.6 Å². The maximum absolute atomic E-state index is 12.4. The molecule has 0 spiro atoms. The van der Waals surface area contributed by atoms with Gasteiger partial charge >= 0.3 is 6.09 Å². The monoisotopic (exact) mass is 382 g/mol. The van der Waals surface area contributed by atoms with Gasteiger partial charge in [0, 0.05) is 6.54 Å². The van der Waals surface area contributed by atoms with E-state index in [2.05, 4.69) is 17.1 Å². The third-order valence-corrected chi connectivity index (χ3v) is 5.28. The van der Waals surface area contributed by atoms with Gasteiger partial charge in [0.05, 0.1) is 6.04 Å². The molecule has 0 unspecified atom stereocenters. The Balaban J connectivity index is 1.63. The van der Waals surface area contributed by atoms with Crippen molar-refractivity contribution in [2.24, 2.45) is 0 Å². The van der Waals surface area contributed by atoms with E-state index < -0.39 is 18.2 Å². The normalized spacial score (nSPS) is 16.5. The first kappa shape index (κ1) is 20.4. The minimum Gasteiger partial charge on any atom is -0.445 e. The molecular weight excluding hydrogens is 352 g/mol. The van der Waals surface area contributed by atoms with E-state index in [0.29, 0.717) is 6.54 Å². The van der Waals surface area contributed by atoms with Crippen molar-refractivity contribution in [3.05, 3.63) is 71.3 Å². The first-order chi connectivity index (χ1) is 13.7. The molecule has 1 heterocycles. The zero-order valence-electron chi connectivity index (χ0n) is 16.5. The Hall–Kier alpha value is -2.37. The Morgan fingerprint density at radius 2 is 1.75 bits per heavy atom. The van der Waals surface area contributed by atoms with Crippen LogP contribution in [0.15, 0.2) is 54.6 Å². The van der Waals surface area contributed by atoms with E-state index in [1.54, 1.807) is 0 Å². The standard InChI is InChI=1S/C23H30N2O3/c1-2-18-10-12-20(13-11-18)22(26)21(16-25-14-6-7-15-25)24-23(27)28-17-19-8-4-3-5-9-19/h3-5,8-13,21-22,26H,2,6-7,14-17H2,1H3,(H,24,27)/t21-,22-/m1/s1. The van der Waals surface area contributed by atoms with E-state index in [4.69, 9.17) is 4.74 Å². The predicted molar refractivity (Wildman–Crippen MR) is 110 cm³/mol. The van der Waals surface area contributed by atoms with Crippen LogP contribution in [-0.4, -0.2) is 41.8 Å². The van der Waals surface area contributed by atoms with Crippen molar-refractivity contribution in [1.29, 1.82) is 0 Å². The number of hydrogen-bond acceptors (Lipinski definition) is 4. The maximum Gasteiger partial charge on any atom is 0.407 e. The molecule has 150 valence electrons. The number of nitrogens with zero attached hydrogens (tertiary/aromatic N) is 1. The van der Waals surface area contributed by atoms with Crippen molar-refractivity contribution in [3.8, 4) is 0 Å². The molecule has 3 rings (SSSR count). The molecule has 2 aromatic carbocycles. The molecular formula is C23H30N2O3. The van der Waals surface area contributed by atoms with Crippen LogP contribution in [0.3, 0.4) is 0 Å². The second-order valence-corrected chi connectivity index (χ2v) is 7.36. The Morgan fingerprint density at radius 3 is 2.39 bits per heavy atom. The van der Waals surface area contributed by atoms with Gasteiger partial charge in [-0.05, 0) is 49.0 Å². The molecule has 28 heavy (non-hydrogen) atoms. The minimum atomic E-state index is -0.782. The van der Waals surface area contributed by atoms with Gasteiger partial charge in [0.15, 0.2) is 0 Å². The van der Waals surface area contributed by atoms with Gasteiger partial charge in [0.2, 0.25) is 0 Å². The molecule has 0 aliphatic carbocycles. The molecule has 0 aromatic heterocycles. The fraction of sp³-hybridized carbons (Fsp3) is 0.435. The summed E-state index contributed by atoms with van der Waals surface area (Å²) in [6, 6.07) is 17.1. The number of aliphatic hydroxyl groups excluding tert-OH is 1. The lowest BCUT2D eigenvalue weighted by Gasteiger charge is -2.28.